The van der Waals surface area contributed by atoms with Crippen LogP contribution in [0.25, 0.3) is 0 Å². The van der Waals surface area contributed by atoms with Crippen LogP contribution in [0.2, 0.25) is 0 Å². The molecule has 4 heteroatoms. The molecule has 0 aliphatic heterocycles. The SMILES string of the molecule is CCc1nn(C)c(Oc2ccccc2)c1C=O. The molecule has 0 aliphatic carbocycles. The van der Waals surface area contributed by atoms with Gasteiger partial charge in [0, 0.05) is 7.05 Å². The second-order valence-corrected chi connectivity index (χ2v) is 3.68. The Hall–Kier alpha value is -2.10. The van der Waals surface area contributed by atoms with Crippen LogP contribution in [0.4, 0.5) is 0 Å². The highest BCUT2D eigenvalue weighted by atomic mass is 16.5. The Morgan fingerprint density at radius 1 is 1.35 bits per heavy atom. The lowest BCUT2D eigenvalue weighted by Crippen LogP contribution is -1.96. The Labute approximate surface area is 99.8 Å². The summed E-state index contributed by atoms with van der Waals surface area (Å²) in [6.45, 7) is 1.96. The maximum Gasteiger partial charge on any atom is 0.228 e. The zero-order valence-electron chi connectivity index (χ0n) is 9.88. The highest BCUT2D eigenvalue weighted by molar-refractivity contribution is 5.80. The van der Waals surface area contributed by atoms with Crippen LogP contribution >= 0.6 is 0 Å². The Morgan fingerprint density at radius 3 is 2.65 bits per heavy atom. The number of aryl methyl sites for hydroxylation is 2. The van der Waals surface area contributed by atoms with Gasteiger partial charge >= 0.3 is 0 Å². The highest BCUT2D eigenvalue weighted by Crippen LogP contribution is 2.26. The summed E-state index contributed by atoms with van der Waals surface area (Å²) in [5.41, 5.74) is 1.28. The van der Waals surface area contributed by atoms with Gasteiger partial charge in [0.15, 0.2) is 6.29 Å². The van der Waals surface area contributed by atoms with Gasteiger partial charge in [-0.05, 0) is 18.6 Å². The molecule has 88 valence electrons. The molecule has 0 saturated heterocycles. The normalized spacial score (nSPS) is 10.2. The van der Waals surface area contributed by atoms with E-state index in [4.69, 9.17) is 4.74 Å². The average Bonchev–Trinajstić information content (AvgIpc) is 2.67. The third kappa shape index (κ3) is 2.20. The fourth-order valence-corrected chi connectivity index (χ4v) is 1.68. The first kappa shape index (κ1) is 11.4. The molecule has 2 aromatic rings. The van der Waals surface area contributed by atoms with Crippen LogP contribution in [-0.4, -0.2) is 16.1 Å². The van der Waals surface area contributed by atoms with E-state index in [2.05, 4.69) is 5.10 Å². The van der Waals surface area contributed by atoms with Crippen molar-refractivity contribution in [1.82, 2.24) is 9.78 Å². The predicted octanol–water partition coefficient (Wildman–Crippen LogP) is 2.59. The number of nitrogens with zero attached hydrogens (tertiary/aromatic N) is 2. The molecule has 0 amide bonds. The van der Waals surface area contributed by atoms with Gasteiger partial charge in [0.1, 0.15) is 5.75 Å². The Kier molecular flexibility index (Phi) is 3.23. The van der Waals surface area contributed by atoms with Gasteiger partial charge in [0.2, 0.25) is 5.88 Å². The summed E-state index contributed by atoms with van der Waals surface area (Å²) in [5, 5.41) is 4.26. The molecule has 0 fully saturated rings. The molecule has 0 unspecified atom stereocenters. The number of rotatable bonds is 4. The number of carbonyl (C=O) groups excluding carboxylic acids is 1. The van der Waals surface area contributed by atoms with E-state index in [1.807, 2.05) is 37.3 Å². The van der Waals surface area contributed by atoms with Gasteiger partial charge in [0.05, 0.1) is 11.3 Å². The summed E-state index contributed by atoms with van der Waals surface area (Å²) in [4.78, 5) is 11.1. The molecule has 1 heterocycles. The monoisotopic (exact) mass is 230 g/mol. The van der Waals surface area contributed by atoms with Gasteiger partial charge in [-0.15, -0.1) is 0 Å². The number of hydrogen-bond acceptors (Lipinski definition) is 3. The summed E-state index contributed by atoms with van der Waals surface area (Å²) in [7, 11) is 1.77. The zero-order valence-corrected chi connectivity index (χ0v) is 9.88. The average molecular weight is 230 g/mol. The van der Waals surface area contributed by atoms with Crippen molar-refractivity contribution in [1.29, 1.82) is 0 Å². The van der Waals surface area contributed by atoms with Gasteiger partial charge in [-0.1, -0.05) is 25.1 Å². The third-order valence-corrected chi connectivity index (χ3v) is 2.52. The Balaban J connectivity index is 2.38. The predicted molar refractivity (Wildman–Crippen MR) is 64.5 cm³/mol. The maximum atomic E-state index is 11.1. The van der Waals surface area contributed by atoms with E-state index in [1.54, 1.807) is 11.7 Å². The quantitative estimate of drug-likeness (QED) is 0.758. The first-order chi connectivity index (χ1) is 8.26. The number of aldehydes is 1. The molecule has 0 atom stereocenters. The number of carbonyl (C=O) groups is 1. The summed E-state index contributed by atoms with van der Waals surface area (Å²) in [6, 6.07) is 9.36. The molecule has 4 nitrogen and oxygen atoms in total. The first-order valence-corrected chi connectivity index (χ1v) is 5.50. The second kappa shape index (κ2) is 4.82. The Bertz CT molecular complexity index is 518. The second-order valence-electron chi connectivity index (χ2n) is 3.68. The van der Waals surface area contributed by atoms with Crippen LogP contribution in [0, 0.1) is 0 Å². The molecule has 0 saturated carbocycles. The summed E-state index contributed by atoms with van der Waals surface area (Å²) in [5.74, 6) is 1.18. The first-order valence-electron chi connectivity index (χ1n) is 5.50. The fraction of sp³-hybridized carbons (Fsp3) is 0.231. The molecule has 0 radical (unpaired) electrons. The van der Waals surface area contributed by atoms with Crippen LogP contribution in [0.1, 0.15) is 23.0 Å². The lowest BCUT2D eigenvalue weighted by molar-refractivity contribution is 0.112. The molecule has 0 spiro atoms. The minimum Gasteiger partial charge on any atom is -0.439 e. The minimum atomic E-state index is 0.489. The molecule has 17 heavy (non-hydrogen) atoms. The molecule has 1 aromatic heterocycles. The van der Waals surface area contributed by atoms with Gasteiger partial charge in [-0.2, -0.15) is 5.10 Å². The smallest absolute Gasteiger partial charge is 0.228 e. The minimum absolute atomic E-state index is 0.489. The van der Waals surface area contributed by atoms with E-state index in [0.717, 1.165) is 12.0 Å². The van der Waals surface area contributed by atoms with Crippen molar-refractivity contribution in [2.24, 2.45) is 7.05 Å². The molecule has 0 aliphatic rings. The van der Waals surface area contributed by atoms with Gasteiger partial charge < -0.3 is 4.74 Å². The van der Waals surface area contributed by atoms with Gasteiger partial charge in [0.25, 0.3) is 0 Å². The van der Waals surface area contributed by atoms with Crippen molar-refractivity contribution >= 4 is 6.29 Å². The van der Waals surface area contributed by atoms with Crippen molar-refractivity contribution in [3.8, 4) is 11.6 Å². The molecular formula is C13H14N2O2. The van der Waals surface area contributed by atoms with E-state index >= 15 is 0 Å². The molecule has 2 rings (SSSR count). The van der Waals surface area contributed by atoms with Gasteiger partial charge in [-0.25, -0.2) is 4.68 Å². The zero-order chi connectivity index (χ0) is 12.3. The van der Waals surface area contributed by atoms with E-state index in [0.29, 0.717) is 23.6 Å². The van der Waals surface area contributed by atoms with E-state index in [9.17, 15) is 4.79 Å². The molecule has 0 bridgehead atoms. The Morgan fingerprint density at radius 2 is 2.06 bits per heavy atom. The van der Waals surface area contributed by atoms with Crippen LogP contribution in [0.3, 0.4) is 0 Å². The van der Waals surface area contributed by atoms with Crippen molar-refractivity contribution in [2.75, 3.05) is 0 Å². The fourth-order valence-electron chi connectivity index (χ4n) is 1.68. The molecule has 0 N–H and O–H groups in total. The number of aromatic nitrogens is 2. The summed E-state index contributed by atoms with van der Waals surface area (Å²) >= 11 is 0. The third-order valence-electron chi connectivity index (χ3n) is 2.52. The van der Waals surface area contributed by atoms with Crippen molar-refractivity contribution in [3.63, 3.8) is 0 Å². The standard InChI is InChI=1S/C13H14N2O2/c1-3-12-11(9-16)13(15(2)14-12)17-10-7-5-4-6-8-10/h4-9H,3H2,1-2H3. The number of ether oxygens (including phenoxy) is 1. The van der Waals surface area contributed by atoms with E-state index < -0.39 is 0 Å². The number of para-hydroxylation sites is 1. The number of hydrogen-bond donors (Lipinski definition) is 0. The topological polar surface area (TPSA) is 44.1 Å². The largest absolute Gasteiger partial charge is 0.439 e. The lowest BCUT2D eigenvalue weighted by atomic mass is 10.2. The van der Waals surface area contributed by atoms with Crippen LogP contribution < -0.4 is 4.74 Å². The van der Waals surface area contributed by atoms with Crippen LogP contribution in [-0.2, 0) is 13.5 Å². The van der Waals surface area contributed by atoms with E-state index in [1.165, 1.54) is 0 Å². The number of benzene rings is 1. The summed E-state index contributed by atoms with van der Waals surface area (Å²) in [6.07, 6.45) is 1.50. The van der Waals surface area contributed by atoms with Crippen LogP contribution in [0.15, 0.2) is 30.3 Å². The van der Waals surface area contributed by atoms with Crippen molar-refractivity contribution < 1.29 is 9.53 Å². The lowest BCUT2D eigenvalue weighted by Gasteiger charge is -2.05. The van der Waals surface area contributed by atoms with E-state index in [-0.39, 0.29) is 0 Å². The molecule has 1 aromatic carbocycles. The highest BCUT2D eigenvalue weighted by Gasteiger charge is 2.16. The van der Waals surface area contributed by atoms with Crippen molar-refractivity contribution in [2.45, 2.75) is 13.3 Å². The summed E-state index contributed by atoms with van der Waals surface area (Å²) < 4.78 is 7.28. The van der Waals surface area contributed by atoms with Gasteiger partial charge in [-0.3, -0.25) is 4.79 Å². The van der Waals surface area contributed by atoms with Crippen LogP contribution in [0.5, 0.6) is 11.6 Å². The molecular weight excluding hydrogens is 216 g/mol. The van der Waals surface area contributed by atoms with Crippen molar-refractivity contribution in [3.05, 3.63) is 41.6 Å². The maximum absolute atomic E-state index is 11.1.